The van der Waals surface area contributed by atoms with Crippen LogP contribution in [0.5, 0.6) is 5.75 Å². The molecule has 1 unspecified atom stereocenters. The standard InChI is InChI=1S/C23H18N4O3/c24-20-11-10-19-22(26-20)27(23(29)21(30-19)14-6-2-1-3-7-14)13-18(28)16-12-25-17-9-5-4-8-15(16)17/h1-12,21,25H,13H2,(H2,24,26). The van der Waals surface area contributed by atoms with Gasteiger partial charge in [0.05, 0.1) is 6.54 Å². The highest BCUT2D eigenvalue weighted by Gasteiger charge is 2.38. The van der Waals surface area contributed by atoms with E-state index in [2.05, 4.69) is 9.97 Å². The first-order valence-electron chi connectivity index (χ1n) is 9.50. The van der Waals surface area contributed by atoms with Gasteiger partial charge < -0.3 is 15.5 Å². The van der Waals surface area contributed by atoms with Gasteiger partial charge in [0.2, 0.25) is 6.10 Å². The number of fused-ring (bicyclic) bond motifs is 2. The normalized spacial score (nSPS) is 15.7. The summed E-state index contributed by atoms with van der Waals surface area (Å²) in [5.41, 5.74) is 7.92. The Morgan fingerprint density at radius 3 is 2.67 bits per heavy atom. The molecule has 1 aliphatic rings. The lowest BCUT2D eigenvalue weighted by molar-refractivity contribution is -0.126. The number of ether oxygens (including phenoxy) is 1. The van der Waals surface area contributed by atoms with Crippen LogP contribution in [0.15, 0.2) is 72.9 Å². The Bertz CT molecular complexity index is 1270. The molecule has 0 bridgehead atoms. The first kappa shape index (κ1) is 17.9. The fourth-order valence-electron chi connectivity index (χ4n) is 3.68. The molecule has 4 aromatic rings. The maximum absolute atomic E-state index is 13.3. The molecule has 1 aliphatic heterocycles. The van der Waals surface area contributed by atoms with Crippen molar-refractivity contribution in [1.29, 1.82) is 0 Å². The van der Waals surface area contributed by atoms with E-state index in [0.29, 0.717) is 16.9 Å². The van der Waals surface area contributed by atoms with Crippen LogP contribution in [0.25, 0.3) is 10.9 Å². The van der Waals surface area contributed by atoms with E-state index in [1.54, 1.807) is 18.3 Å². The number of ketones is 1. The lowest BCUT2D eigenvalue weighted by Crippen LogP contribution is -2.44. The second-order valence-corrected chi connectivity index (χ2v) is 7.06. The number of rotatable bonds is 4. The number of carbonyl (C=O) groups is 2. The predicted octanol–water partition coefficient (Wildman–Crippen LogP) is 3.49. The number of nitrogens with zero attached hydrogens (tertiary/aromatic N) is 2. The molecule has 7 nitrogen and oxygen atoms in total. The van der Waals surface area contributed by atoms with Gasteiger partial charge in [0.25, 0.3) is 5.91 Å². The van der Waals surface area contributed by atoms with E-state index in [0.717, 1.165) is 10.9 Å². The number of hydrogen-bond donors (Lipinski definition) is 2. The minimum Gasteiger partial charge on any atom is -0.472 e. The van der Waals surface area contributed by atoms with Crippen LogP contribution in [0.3, 0.4) is 0 Å². The molecule has 0 saturated carbocycles. The summed E-state index contributed by atoms with van der Waals surface area (Å²) in [4.78, 5) is 35.2. The van der Waals surface area contributed by atoms with Crippen molar-refractivity contribution in [3.05, 3.63) is 84.1 Å². The Kier molecular flexibility index (Phi) is 4.21. The number of pyridine rings is 1. The SMILES string of the molecule is Nc1ccc2c(n1)N(CC(=O)c1c[nH]c3ccccc13)C(=O)C(c1ccccc1)O2. The molecule has 0 fully saturated rings. The second-order valence-electron chi connectivity index (χ2n) is 7.06. The van der Waals surface area contributed by atoms with Gasteiger partial charge >= 0.3 is 0 Å². The van der Waals surface area contributed by atoms with Crippen molar-refractivity contribution < 1.29 is 14.3 Å². The number of anilines is 2. The molecule has 2 aromatic carbocycles. The zero-order chi connectivity index (χ0) is 20.7. The van der Waals surface area contributed by atoms with Crippen LogP contribution >= 0.6 is 0 Å². The van der Waals surface area contributed by atoms with E-state index >= 15 is 0 Å². The van der Waals surface area contributed by atoms with Gasteiger partial charge in [-0.1, -0.05) is 48.5 Å². The highest BCUT2D eigenvalue weighted by Crippen LogP contribution is 2.38. The number of carbonyl (C=O) groups excluding carboxylic acids is 2. The average molecular weight is 398 g/mol. The number of nitrogens with one attached hydrogen (secondary N) is 1. The Morgan fingerprint density at radius 2 is 1.83 bits per heavy atom. The van der Waals surface area contributed by atoms with E-state index in [1.165, 1.54) is 4.90 Å². The number of nitrogen functional groups attached to an aromatic ring is 1. The Balaban J connectivity index is 1.54. The van der Waals surface area contributed by atoms with Crippen LogP contribution in [0.2, 0.25) is 0 Å². The summed E-state index contributed by atoms with van der Waals surface area (Å²) in [5.74, 6) is 0.335. The zero-order valence-corrected chi connectivity index (χ0v) is 15.9. The molecule has 1 amide bonds. The van der Waals surface area contributed by atoms with Crippen LogP contribution in [0, 0.1) is 0 Å². The van der Waals surface area contributed by atoms with E-state index < -0.39 is 6.10 Å². The first-order chi connectivity index (χ1) is 14.6. The van der Waals surface area contributed by atoms with Crippen molar-refractivity contribution >= 4 is 34.2 Å². The highest BCUT2D eigenvalue weighted by molar-refractivity contribution is 6.13. The fourth-order valence-corrected chi connectivity index (χ4v) is 3.68. The van der Waals surface area contributed by atoms with E-state index in [1.807, 2.05) is 54.6 Å². The molecule has 30 heavy (non-hydrogen) atoms. The summed E-state index contributed by atoms with van der Waals surface area (Å²) in [5, 5.41) is 0.809. The number of Topliss-reactive ketones (excluding diaryl/α,β-unsaturated/α-hetero) is 1. The van der Waals surface area contributed by atoms with Crippen molar-refractivity contribution in [1.82, 2.24) is 9.97 Å². The first-order valence-corrected chi connectivity index (χ1v) is 9.50. The lowest BCUT2D eigenvalue weighted by atomic mass is 10.0. The molecule has 2 aromatic heterocycles. The lowest BCUT2D eigenvalue weighted by Gasteiger charge is -2.33. The predicted molar refractivity (Wildman–Crippen MR) is 113 cm³/mol. The maximum Gasteiger partial charge on any atom is 0.274 e. The van der Waals surface area contributed by atoms with Gasteiger partial charge in [-0.2, -0.15) is 0 Å². The number of H-pyrrole nitrogens is 1. The molecule has 5 rings (SSSR count). The van der Waals surface area contributed by atoms with E-state index in [9.17, 15) is 9.59 Å². The monoisotopic (exact) mass is 398 g/mol. The molecule has 0 radical (unpaired) electrons. The number of benzene rings is 2. The highest BCUT2D eigenvalue weighted by atomic mass is 16.5. The van der Waals surface area contributed by atoms with Crippen LogP contribution in [0.4, 0.5) is 11.6 Å². The molecule has 7 heteroatoms. The van der Waals surface area contributed by atoms with Crippen molar-refractivity contribution in [2.75, 3.05) is 17.2 Å². The molecule has 0 spiro atoms. The van der Waals surface area contributed by atoms with Gasteiger partial charge in [-0.15, -0.1) is 0 Å². The van der Waals surface area contributed by atoms with Crippen molar-refractivity contribution in [3.63, 3.8) is 0 Å². The fraction of sp³-hybridized carbons (Fsp3) is 0.0870. The maximum atomic E-state index is 13.3. The molecule has 148 valence electrons. The van der Waals surface area contributed by atoms with Crippen LogP contribution in [-0.4, -0.2) is 28.2 Å². The summed E-state index contributed by atoms with van der Waals surface area (Å²) in [6.07, 6.45) is 0.806. The third-order valence-corrected chi connectivity index (χ3v) is 5.15. The van der Waals surface area contributed by atoms with Crippen molar-refractivity contribution in [3.8, 4) is 5.75 Å². The van der Waals surface area contributed by atoms with Crippen LogP contribution in [0.1, 0.15) is 22.0 Å². The minimum atomic E-state index is -0.861. The van der Waals surface area contributed by atoms with Gasteiger partial charge in [0.1, 0.15) is 5.82 Å². The Hall–Kier alpha value is -4.13. The smallest absolute Gasteiger partial charge is 0.274 e. The van der Waals surface area contributed by atoms with Crippen molar-refractivity contribution in [2.24, 2.45) is 0 Å². The number of aromatic nitrogens is 2. The Morgan fingerprint density at radius 1 is 1.07 bits per heavy atom. The topological polar surface area (TPSA) is 101 Å². The third-order valence-electron chi connectivity index (χ3n) is 5.15. The number of aromatic amines is 1. The van der Waals surface area contributed by atoms with Gasteiger partial charge in [0.15, 0.2) is 17.4 Å². The largest absolute Gasteiger partial charge is 0.472 e. The molecule has 3 N–H and O–H groups in total. The number of nitrogens with two attached hydrogens (primary N) is 1. The molecule has 1 atom stereocenters. The Labute approximate surface area is 172 Å². The van der Waals surface area contributed by atoms with Crippen molar-refractivity contribution in [2.45, 2.75) is 6.10 Å². The molecule has 0 saturated heterocycles. The van der Waals surface area contributed by atoms with Gasteiger partial charge in [0, 0.05) is 28.2 Å². The third kappa shape index (κ3) is 2.97. The molecular weight excluding hydrogens is 380 g/mol. The summed E-state index contributed by atoms with van der Waals surface area (Å²) >= 11 is 0. The van der Waals surface area contributed by atoms with Gasteiger partial charge in [-0.05, 0) is 18.2 Å². The number of amides is 1. The molecule has 0 aliphatic carbocycles. The molecular formula is C23H18N4O3. The zero-order valence-electron chi connectivity index (χ0n) is 15.9. The quantitative estimate of drug-likeness (QED) is 0.513. The van der Waals surface area contributed by atoms with Gasteiger partial charge in [-0.25, -0.2) is 4.98 Å². The molecule has 3 heterocycles. The number of para-hydroxylation sites is 1. The summed E-state index contributed by atoms with van der Waals surface area (Å²) in [6.45, 7) is -0.170. The average Bonchev–Trinajstić information content (AvgIpc) is 3.20. The van der Waals surface area contributed by atoms with Crippen LogP contribution in [-0.2, 0) is 4.79 Å². The van der Waals surface area contributed by atoms with Crippen LogP contribution < -0.4 is 15.4 Å². The van der Waals surface area contributed by atoms with Gasteiger partial charge in [-0.3, -0.25) is 14.5 Å². The number of hydrogen-bond acceptors (Lipinski definition) is 5. The summed E-state index contributed by atoms with van der Waals surface area (Å²) < 4.78 is 5.93. The van der Waals surface area contributed by atoms with E-state index in [-0.39, 0.29) is 29.9 Å². The minimum absolute atomic E-state index is 0.170. The summed E-state index contributed by atoms with van der Waals surface area (Å²) in [6, 6.07) is 20.0. The van der Waals surface area contributed by atoms with E-state index in [4.69, 9.17) is 10.5 Å². The second kappa shape index (κ2) is 7.04. The summed E-state index contributed by atoms with van der Waals surface area (Å²) in [7, 11) is 0.